The Morgan fingerprint density at radius 2 is 1.95 bits per heavy atom. The zero-order valence-corrected chi connectivity index (χ0v) is 11.9. The topological polar surface area (TPSA) is 32.9 Å². The molecule has 0 amide bonds. The molecule has 1 aromatic heterocycles. The summed E-state index contributed by atoms with van der Waals surface area (Å²) in [5.74, 6) is 0.0821. The highest BCUT2D eigenvalue weighted by molar-refractivity contribution is 6.36. The summed E-state index contributed by atoms with van der Waals surface area (Å²) in [6, 6.07) is 13.5. The molecule has 3 aromatic rings. The highest BCUT2D eigenvalue weighted by atomic mass is 35.5. The molecule has 20 heavy (non-hydrogen) atoms. The van der Waals surface area contributed by atoms with Gasteiger partial charge in [-0.15, -0.1) is 0 Å². The number of benzene rings is 2. The highest BCUT2D eigenvalue weighted by Gasteiger charge is 2.15. The van der Waals surface area contributed by atoms with Crippen LogP contribution in [0, 0.1) is 6.92 Å². The Morgan fingerprint density at radius 1 is 1.15 bits per heavy atom. The van der Waals surface area contributed by atoms with E-state index in [1.807, 2.05) is 49.4 Å². The smallest absolute Gasteiger partial charge is 0.169 e. The van der Waals surface area contributed by atoms with Crippen LogP contribution in [-0.2, 0) is 6.42 Å². The number of rotatable bonds is 3. The van der Waals surface area contributed by atoms with E-state index in [2.05, 4.69) is 4.98 Å². The molecule has 0 aliphatic heterocycles. The average Bonchev–Trinajstić information content (AvgIpc) is 2.87. The number of Topliss-reactive ketones (excluding diaryl/α,β-unsaturated/α-hetero) is 1. The zero-order chi connectivity index (χ0) is 14.1. The van der Waals surface area contributed by atoms with Gasteiger partial charge in [0.1, 0.15) is 0 Å². The lowest BCUT2D eigenvalue weighted by molar-refractivity contribution is 0.0994. The summed E-state index contributed by atoms with van der Waals surface area (Å²) < 4.78 is 0. The maximum Gasteiger partial charge on any atom is 0.169 e. The molecule has 0 radical (unpaired) electrons. The number of hydrogen-bond acceptors (Lipinski definition) is 1. The highest BCUT2D eigenvalue weighted by Crippen LogP contribution is 2.27. The summed E-state index contributed by atoms with van der Waals surface area (Å²) >= 11 is 6.21. The van der Waals surface area contributed by atoms with E-state index in [1.165, 1.54) is 0 Å². The Labute approximate surface area is 122 Å². The van der Waals surface area contributed by atoms with Crippen molar-refractivity contribution in [2.24, 2.45) is 0 Å². The first-order valence-electron chi connectivity index (χ1n) is 6.50. The molecule has 0 saturated carbocycles. The second-order valence-corrected chi connectivity index (χ2v) is 5.30. The van der Waals surface area contributed by atoms with Gasteiger partial charge in [0.25, 0.3) is 0 Å². The molecule has 1 N–H and O–H groups in total. The fourth-order valence-electron chi connectivity index (χ4n) is 2.44. The molecule has 0 aliphatic rings. The summed E-state index contributed by atoms with van der Waals surface area (Å²) in [4.78, 5) is 15.6. The number of aryl methyl sites for hydroxylation is 1. The zero-order valence-electron chi connectivity index (χ0n) is 11.1. The number of halogens is 1. The molecule has 0 aliphatic carbocycles. The van der Waals surface area contributed by atoms with Gasteiger partial charge in [-0.05, 0) is 30.2 Å². The maximum atomic E-state index is 12.5. The normalized spacial score (nSPS) is 10.9. The summed E-state index contributed by atoms with van der Waals surface area (Å²) in [7, 11) is 0. The second kappa shape index (κ2) is 5.14. The minimum Gasteiger partial charge on any atom is -0.360 e. The van der Waals surface area contributed by atoms with Crippen molar-refractivity contribution in [1.29, 1.82) is 0 Å². The quantitative estimate of drug-likeness (QED) is 0.703. The van der Waals surface area contributed by atoms with Crippen LogP contribution in [0.1, 0.15) is 21.5 Å². The fourth-order valence-corrected chi connectivity index (χ4v) is 2.71. The molecule has 0 fully saturated rings. The summed E-state index contributed by atoms with van der Waals surface area (Å²) in [6.07, 6.45) is 2.14. The number of carbonyl (C=O) groups is 1. The van der Waals surface area contributed by atoms with Crippen LogP contribution in [0.25, 0.3) is 10.9 Å². The van der Waals surface area contributed by atoms with Gasteiger partial charge in [-0.1, -0.05) is 41.9 Å². The van der Waals surface area contributed by atoms with Gasteiger partial charge >= 0.3 is 0 Å². The number of H-pyrrole nitrogens is 1. The van der Waals surface area contributed by atoms with Gasteiger partial charge in [0.15, 0.2) is 5.78 Å². The monoisotopic (exact) mass is 283 g/mol. The summed E-state index contributed by atoms with van der Waals surface area (Å²) in [6.45, 7) is 2.02. The van der Waals surface area contributed by atoms with Gasteiger partial charge in [-0.3, -0.25) is 4.79 Å². The van der Waals surface area contributed by atoms with Crippen molar-refractivity contribution in [3.8, 4) is 0 Å². The van der Waals surface area contributed by atoms with Crippen molar-refractivity contribution in [3.05, 3.63) is 70.4 Å². The average molecular weight is 284 g/mol. The molecular weight excluding hydrogens is 270 g/mol. The van der Waals surface area contributed by atoms with Gasteiger partial charge in [0, 0.05) is 29.1 Å². The second-order valence-electron chi connectivity index (χ2n) is 4.89. The van der Waals surface area contributed by atoms with Crippen LogP contribution >= 0.6 is 11.6 Å². The van der Waals surface area contributed by atoms with Crippen LogP contribution < -0.4 is 0 Å². The summed E-state index contributed by atoms with van der Waals surface area (Å²) in [5, 5.41) is 1.42. The van der Waals surface area contributed by atoms with E-state index >= 15 is 0 Å². The van der Waals surface area contributed by atoms with Crippen molar-refractivity contribution in [3.63, 3.8) is 0 Å². The van der Waals surface area contributed by atoms with Crippen LogP contribution in [0.15, 0.2) is 48.7 Å². The predicted octanol–water partition coefficient (Wildman–Crippen LogP) is 4.56. The maximum absolute atomic E-state index is 12.5. The molecule has 2 nitrogen and oxygen atoms in total. The van der Waals surface area contributed by atoms with Gasteiger partial charge in [-0.2, -0.15) is 0 Å². The van der Waals surface area contributed by atoms with Crippen molar-refractivity contribution >= 4 is 28.3 Å². The van der Waals surface area contributed by atoms with Crippen molar-refractivity contribution in [2.45, 2.75) is 13.3 Å². The molecule has 1 heterocycles. The standard InChI is InChI=1S/C17H14ClNO/c1-11-5-2-3-6-12(11)9-16(20)13-10-19-15-8-4-7-14(18)17(13)15/h2-8,10,19H,9H2,1H3. The predicted molar refractivity (Wildman–Crippen MR) is 82.5 cm³/mol. The van der Waals surface area contributed by atoms with E-state index in [4.69, 9.17) is 11.6 Å². The SMILES string of the molecule is Cc1ccccc1CC(=O)c1c[nH]c2cccc(Cl)c12. The number of carbonyl (C=O) groups excluding carboxylic acids is 1. The van der Waals surface area contributed by atoms with E-state index < -0.39 is 0 Å². The molecular formula is C17H14ClNO. The molecule has 0 spiro atoms. The number of hydrogen-bond donors (Lipinski definition) is 1. The third-order valence-corrected chi connectivity index (χ3v) is 3.88. The van der Waals surface area contributed by atoms with Gasteiger partial charge < -0.3 is 4.98 Å². The van der Waals surface area contributed by atoms with Gasteiger partial charge in [0.2, 0.25) is 0 Å². The Morgan fingerprint density at radius 3 is 2.75 bits per heavy atom. The molecule has 0 saturated heterocycles. The van der Waals surface area contributed by atoms with Crippen molar-refractivity contribution in [2.75, 3.05) is 0 Å². The van der Waals surface area contributed by atoms with E-state index in [1.54, 1.807) is 6.20 Å². The lowest BCUT2D eigenvalue weighted by Crippen LogP contribution is -2.04. The largest absolute Gasteiger partial charge is 0.360 e. The first-order chi connectivity index (χ1) is 9.66. The Kier molecular flexibility index (Phi) is 3.33. The Balaban J connectivity index is 2.00. The molecule has 2 aromatic carbocycles. The van der Waals surface area contributed by atoms with E-state index in [0.29, 0.717) is 17.0 Å². The van der Waals surface area contributed by atoms with Gasteiger partial charge in [0.05, 0.1) is 5.02 Å². The van der Waals surface area contributed by atoms with Crippen LogP contribution in [-0.4, -0.2) is 10.8 Å². The van der Waals surface area contributed by atoms with E-state index in [9.17, 15) is 4.79 Å². The number of fused-ring (bicyclic) bond motifs is 1. The number of aromatic nitrogens is 1. The number of nitrogens with one attached hydrogen (secondary N) is 1. The first kappa shape index (κ1) is 12.9. The van der Waals surface area contributed by atoms with Gasteiger partial charge in [-0.25, -0.2) is 0 Å². The molecule has 100 valence electrons. The van der Waals surface area contributed by atoms with Crippen molar-refractivity contribution < 1.29 is 4.79 Å². The lowest BCUT2D eigenvalue weighted by Gasteiger charge is -2.04. The van der Waals surface area contributed by atoms with E-state index in [0.717, 1.165) is 22.0 Å². The molecule has 3 heteroatoms. The molecule has 0 bridgehead atoms. The lowest BCUT2D eigenvalue weighted by atomic mass is 9.99. The van der Waals surface area contributed by atoms with Crippen LogP contribution in [0.3, 0.4) is 0 Å². The van der Waals surface area contributed by atoms with Crippen LogP contribution in [0.2, 0.25) is 5.02 Å². The third kappa shape index (κ3) is 2.23. The third-order valence-electron chi connectivity index (χ3n) is 3.57. The Bertz CT molecular complexity index is 789. The Hall–Kier alpha value is -2.06. The van der Waals surface area contributed by atoms with E-state index in [-0.39, 0.29) is 5.78 Å². The molecule has 3 rings (SSSR count). The first-order valence-corrected chi connectivity index (χ1v) is 6.88. The van der Waals surface area contributed by atoms with Crippen LogP contribution in [0.4, 0.5) is 0 Å². The minimum absolute atomic E-state index is 0.0821. The fraction of sp³-hybridized carbons (Fsp3) is 0.118. The van der Waals surface area contributed by atoms with Crippen molar-refractivity contribution in [1.82, 2.24) is 4.98 Å². The number of ketones is 1. The number of aromatic amines is 1. The minimum atomic E-state index is 0.0821. The summed E-state index contributed by atoms with van der Waals surface area (Å²) in [5.41, 5.74) is 3.74. The molecule has 0 atom stereocenters. The molecule has 0 unspecified atom stereocenters. The van der Waals surface area contributed by atoms with Crippen LogP contribution in [0.5, 0.6) is 0 Å².